The number of pyridine rings is 1. The van der Waals surface area contributed by atoms with Crippen molar-refractivity contribution in [3.05, 3.63) is 65.7 Å². The van der Waals surface area contributed by atoms with E-state index >= 15 is 0 Å². The average Bonchev–Trinajstić information content (AvgIpc) is 3.19. The fourth-order valence-electron chi connectivity index (χ4n) is 4.48. The molecule has 1 fully saturated rings. The van der Waals surface area contributed by atoms with Gasteiger partial charge in [-0.05, 0) is 68.9 Å². The van der Waals surface area contributed by atoms with Crippen LogP contribution in [0.3, 0.4) is 0 Å². The third kappa shape index (κ3) is 3.89. The zero-order valence-corrected chi connectivity index (χ0v) is 18.0. The lowest BCUT2D eigenvalue weighted by molar-refractivity contribution is -0.137. The number of nitriles is 1. The first-order chi connectivity index (χ1) is 15.8. The first kappa shape index (κ1) is 21.3. The molecule has 0 atom stereocenters. The summed E-state index contributed by atoms with van der Waals surface area (Å²) in [4.78, 5) is 6.99. The maximum Gasteiger partial charge on any atom is 0.416 e. The molecule has 3 heterocycles. The molecule has 1 aliphatic rings. The highest BCUT2D eigenvalue weighted by atomic mass is 19.4. The molecule has 0 amide bonds. The Morgan fingerprint density at radius 1 is 1.06 bits per heavy atom. The Morgan fingerprint density at radius 2 is 1.76 bits per heavy atom. The van der Waals surface area contributed by atoms with E-state index in [2.05, 4.69) is 23.3 Å². The summed E-state index contributed by atoms with van der Waals surface area (Å²) in [6.45, 7) is 1.96. The van der Waals surface area contributed by atoms with Crippen molar-refractivity contribution in [1.82, 2.24) is 14.3 Å². The number of para-hydroxylation sites is 2. The number of alkyl halides is 3. The molecule has 4 aromatic rings. The molecule has 5 nitrogen and oxygen atoms in total. The van der Waals surface area contributed by atoms with Gasteiger partial charge < -0.3 is 10.2 Å². The van der Waals surface area contributed by atoms with E-state index in [1.54, 1.807) is 0 Å². The predicted molar refractivity (Wildman–Crippen MR) is 122 cm³/mol. The molecule has 2 aromatic carbocycles. The maximum atomic E-state index is 13.1. The Morgan fingerprint density at radius 3 is 2.42 bits per heavy atom. The Labute approximate surface area is 189 Å². The lowest BCUT2D eigenvalue weighted by Crippen LogP contribution is -2.37. The van der Waals surface area contributed by atoms with Crippen LogP contribution in [0, 0.1) is 11.3 Å². The van der Waals surface area contributed by atoms with Crippen molar-refractivity contribution in [2.24, 2.45) is 0 Å². The highest BCUT2D eigenvalue weighted by Crippen LogP contribution is 2.35. The summed E-state index contributed by atoms with van der Waals surface area (Å²) in [5, 5.41) is 13.6. The van der Waals surface area contributed by atoms with Crippen molar-refractivity contribution in [1.29, 1.82) is 5.26 Å². The van der Waals surface area contributed by atoms with Crippen molar-refractivity contribution >= 4 is 22.5 Å². The average molecular weight is 449 g/mol. The molecule has 1 aliphatic heterocycles. The SMILES string of the molecule is CN1CCC(Nc2cc(-c3ccc(C(F)(F)F)cc3)c(C#N)c3nc4ccccc4n23)CC1. The number of nitrogens with zero attached hydrogens (tertiary/aromatic N) is 4. The van der Waals surface area contributed by atoms with E-state index in [1.165, 1.54) is 12.1 Å². The summed E-state index contributed by atoms with van der Waals surface area (Å²) in [5.74, 6) is 0.780. The van der Waals surface area contributed by atoms with Crippen LogP contribution in [-0.2, 0) is 6.18 Å². The minimum Gasteiger partial charge on any atom is -0.368 e. The Kier molecular flexibility index (Phi) is 5.22. The van der Waals surface area contributed by atoms with E-state index in [0.29, 0.717) is 22.3 Å². The lowest BCUT2D eigenvalue weighted by Gasteiger charge is -2.30. The van der Waals surface area contributed by atoms with Gasteiger partial charge in [-0.1, -0.05) is 24.3 Å². The predicted octanol–water partition coefficient (Wildman–Crippen LogP) is 5.55. The van der Waals surface area contributed by atoms with Gasteiger partial charge in [0.15, 0.2) is 5.65 Å². The van der Waals surface area contributed by atoms with E-state index < -0.39 is 11.7 Å². The molecule has 0 bridgehead atoms. The molecule has 0 aliphatic carbocycles. The van der Waals surface area contributed by atoms with Crippen molar-refractivity contribution in [2.45, 2.75) is 25.1 Å². The number of hydrogen-bond acceptors (Lipinski definition) is 4. The quantitative estimate of drug-likeness (QED) is 0.446. The zero-order valence-electron chi connectivity index (χ0n) is 18.0. The molecule has 0 spiro atoms. The van der Waals surface area contributed by atoms with Gasteiger partial charge in [0.05, 0.1) is 16.6 Å². The van der Waals surface area contributed by atoms with Crippen LogP contribution in [0.4, 0.5) is 19.0 Å². The van der Waals surface area contributed by atoms with Crippen LogP contribution in [0.5, 0.6) is 0 Å². The molecule has 0 unspecified atom stereocenters. The first-order valence-electron chi connectivity index (χ1n) is 10.8. The van der Waals surface area contributed by atoms with Crippen molar-refractivity contribution in [3.63, 3.8) is 0 Å². The molecule has 33 heavy (non-hydrogen) atoms. The van der Waals surface area contributed by atoms with Gasteiger partial charge in [0.1, 0.15) is 17.5 Å². The van der Waals surface area contributed by atoms with E-state index in [-0.39, 0.29) is 6.04 Å². The van der Waals surface area contributed by atoms with Crippen LogP contribution in [-0.4, -0.2) is 40.5 Å². The van der Waals surface area contributed by atoms with Crippen LogP contribution in [0.15, 0.2) is 54.6 Å². The van der Waals surface area contributed by atoms with Gasteiger partial charge in [0.25, 0.3) is 0 Å². The number of hydrogen-bond donors (Lipinski definition) is 1. The highest BCUT2D eigenvalue weighted by Gasteiger charge is 2.30. The smallest absolute Gasteiger partial charge is 0.368 e. The number of aromatic nitrogens is 2. The largest absolute Gasteiger partial charge is 0.416 e. The molecule has 5 rings (SSSR count). The summed E-state index contributed by atoms with van der Waals surface area (Å²) >= 11 is 0. The summed E-state index contributed by atoms with van der Waals surface area (Å²) in [7, 11) is 2.10. The number of rotatable bonds is 3. The Balaban J connectivity index is 1.69. The van der Waals surface area contributed by atoms with Crippen LogP contribution in [0.1, 0.15) is 24.0 Å². The van der Waals surface area contributed by atoms with Gasteiger partial charge in [-0.15, -0.1) is 0 Å². The van der Waals surface area contributed by atoms with E-state index in [0.717, 1.165) is 54.9 Å². The summed E-state index contributed by atoms with van der Waals surface area (Å²) in [6, 6.07) is 16.9. The maximum absolute atomic E-state index is 13.1. The number of benzene rings is 2. The number of halogens is 3. The number of nitrogens with one attached hydrogen (secondary N) is 1. The molecule has 1 saturated heterocycles. The van der Waals surface area contributed by atoms with E-state index in [1.807, 2.05) is 34.7 Å². The minimum absolute atomic E-state index is 0.249. The molecular formula is C25H22F3N5. The molecular weight excluding hydrogens is 427 g/mol. The molecule has 8 heteroatoms. The highest BCUT2D eigenvalue weighted by molar-refractivity contribution is 5.89. The van der Waals surface area contributed by atoms with Gasteiger partial charge in [-0.3, -0.25) is 4.40 Å². The van der Waals surface area contributed by atoms with Crippen LogP contribution < -0.4 is 5.32 Å². The third-order valence-electron chi connectivity index (χ3n) is 6.28. The second kappa shape index (κ2) is 8.09. The van der Waals surface area contributed by atoms with Gasteiger partial charge in [0.2, 0.25) is 0 Å². The van der Waals surface area contributed by atoms with Crippen molar-refractivity contribution < 1.29 is 13.2 Å². The number of anilines is 1. The molecule has 0 radical (unpaired) electrons. The van der Waals surface area contributed by atoms with E-state index in [9.17, 15) is 18.4 Å². The molecule has 0 saturated carbocycles. The second-order valence-electron chi connectivity index (χ2n) is 8.49. The number of piperidine rings is 1. The van der Waals surface area contributed by atoms with Crippen molar-refractivity contribution in [3.8, 4) is 17.2 Å². The molecule has 168 valence electrons. The normalized spacial score (nSPS) is 15.7. The van der Waals surface area contributed by atoms with Crippen LogP contribution in [0.25, 0.3) is 27.8 Å². The Bertz CT molecular complexity index is 1360. The standard InChI is InChI=1S/C25H22F3N5/c1-32-12-10-18(11-13-32)30-23-14-19(16-6-8-17(9-7-16)25(26,27)28)20(15-29)24-31-21-4-2-3-5-22(21)33(23)24/h2-9,14,18,30H,10-13H2,1H3. The summed E-state index contributed by atoms with van der Waals surface area (Å²) in [5.41, 5.74) is 2.84. The molecule has 1 N–H and O–H groups in total. The number of likely N-dealkylation sites (tertiary alicyclic amines) is 1. The van der Waals surface area contributed by atoms with Gasteiger partial charge in [0, 0.05) is 11.6 Å². The van der Waals surface area contributed by atoms with Crippen LogP contribution >= 0.6 is 0 Å². The minimum atomic E-state index is -4.41. The zero-order chi connectivity index (χ0) is 23.2. The number of fused-ring (bicyclic) bond motifs is 3. The summed E-state index contributed by atoms with van der Waals surface area (Å²) < 4.78 is 41.1. The lowest BCUT2D eigenvalue weighted by atomic mass is 9.99. The molecule has 2 aromatic heterocycles. The van der Waals surface area contributed by atoms with Gasteiger partial charge in [-0.25, -0.2) is 4.98 Å². The fraction of sp³-hybridized carbons (Fsp3) is 0.280. The monoisotopic (exact) mass is 449 g/mol. The number of imidazole rings is 1. The third-order valence-corrected chi connectivity index (χ3v) is 6.28. The fourth-order valence-corrected chi connectivity index (χ4v) is 4.48. The van der Waals surface area contributed by atoms with Gasteiger partial charge >= 0.3 is 6.18 Å². The summed E-state index contributed by atoms with van der Waals surface area (Å²) in [6.07, 6.45) is -2.47. The second-order valence-corrected chi connectivity index (χ2v) is 8.49. The van der Waals surface area contributed by atoms with Crippen LogP contribution in [0.2, 0.25) is 0 Å². The van der Waals surface area contributed by atoms with Gasteiger partial charge in [-0.2, -0.15) is 18.4 Å². The van der Waals surface area contributed by atoms with E-state index in [4.69, 9.17) is 4.98 Å². The topological polar surface area (TPSA) is 56.4 Å². The Hall–Kier alpha value is -3.57. The first-order valence-corrected chi connectivity index (χ1v) is 10.8. The van der Waals surface area contributed by atoms with Crippen molar-refractivity contribution in [2.75, 3.05) is 25.5 Å².